The third-order valence-electron chi connectivity index (χ3n) is 9.25. The summed E-state index contributed by atoms with van der Waals surface area (Å²) in [6.07, 6.45) is 5.16. The fourth-order valence-corrected chi connectivity index (χ4v) is 6.55. The predicted octanol–water partition coefficient (Wildman–Crippen LogP) is 2.26. The van der Waals surface area contributed by atoms with Crippen molar-refractivity contribution < 1.29 is 10.2 Å². The Morgan fingerprint density at radius 3 is 2.41 bits per heavy atom. The average molecular weight is 600 g/mol. The molecule has 1 aliphatic carbocycles. The lowest BCUT2D eigenvalue weighted by molar-refractivity contribution is 0.0835. The number of nitrogens with one attached hydrogen (secondary N) is 3. The van der Waals surface area contributed by atoms with Crippen molar-refractivity contribution in [3.05, 3.63) is 48.5 Å². The summed E-state index contributed by atoms with van der Waals surface area (Å²) in [5, 5.41) is 27.3. The van der Waals surface area contributed by atoms with Gasteiger partial charge in [0, 0.05) is 74.5 Å². The van der Waals surface area contributed by atoms with Crippen molar-refractivity contribution in [2.75, 3.05) is 61.8 Å². The third-order valence-corrected chi connectivity index (χ3v) is 9.25. The van der Waals surface area contributed by atoms with Gasteiger partial charge in [0.25, 0.3) is 0 Å². The van der Waals surface area contributed by atoms with Gasteiger partial charge in [-0.3, -0.25) is 4.90 Å². The average Bonchev–Trinajstić information content (AvgIpc) is 3.51. The number of hydrogen-bond acceptors (Lipinski definition) is 12. The molecule has 1 saturated carbocycles. The summed E-state index contributed by atoms with van der Waals surface area (Å²) in [4.78, 5) is 29.0. The van der Waals surface area contributed by atoms with Crippen LogP contribution in [0.2, 0.25) is 0 Å². The van der Waals surface area contributed by atoms with E-state index in [1.165, 1.54) is 31.6 Å². The summed E-state index contributed by atoms with van der Waals surface area (Å²) in [6.45, 7) is 6.74. The van der Waals surface area contributed by atoms with E-state index >= 15 is 0 Å². The number of aromatic amines is 1. The molecule has 0 amide bonds. The highest BCUT2D eigenvalue weighted by Crippen LogP contribution is 2.36. The van der Waals surface area contributed by atoms with E-state index in [1.807, 2.05) is 18.2 Å². The molecule has 3 aliphatic rings. The molecule has 13 heteroatoms. The van der Waals surface area contributed by atoms with Crippen LogP contribution in [0.15, 0.2) is 42.9 Å². The zero-order chi connectivity index (χ0) is 30.2. The van der Waals surface area contributed by atoms with E-state index in [-0.39, 0.29) is 17.8 Å². The Morgan fingerprint density at radius 1 is 0.955 bits per heavy atom. The molecule has 7 rings (SSSR count). The van der Waals surface area contributed by atoms with Crippen molar-refractivity contribution in [3.63, 3.8) is 0 Å². The number of H-pyrrole nitrogens is 1. The second kappa shape index (κ2) is 12.3. The molecule has 2 aliphatic heterocycles. The van der Waals surface area contributed by atoms with Gasteiger partial charge in [-0.1, -0.05) is 0 Å². The van der Waals surface area contributed by atoms with Crippen molar-refractivity contribution in [3.8, 4) is 11.3 Å². The fraction of sp³-hybridized carbons (Fsp3) is 0.484. The standard InChI is InChI=1S/C31H41N11O2/c1-40-12-14-42(15-13-40)22-7-10-41(11-8-22)21-4-2-19(3-5-21)36-31-27(28(32)44)38-26(30(39-31)37-20-16-23(43)17-20)24-6-9-33-29-25(24)34-18-35-29/h2-6,9,18,20,22-23,28,43-44H,7-8,10-17,32H2,1H3,(H,33,34,35)(H2,36,37,39). The minimum absolute atomic E-state index is 0.0540. The van der Waals surface area contributed by atoms with Gasteiger partial charge >= 0.3 is 0 Å². The van der Waals surface area contributed by atoms with Crippen LogP contribution in [0.1, 0.15) is 37.6 Å². The van der Waals surface area contributed by atoms with Gasteiger partial charge in [-0.2, -0.15) is 0 Å². The van der Waals surface area contributed by atoms with Crippen LogP contribution in [0, 0.1) is 0 Å². The van der Waals surface area contributed by atoms with Gasteiger partial charge in [0.05, 0.1) is 17.9 Å². The molecule has 0 radical (unpaired) electrons. The highest BCUT2D eigenvalue weighted by Gasteiger charge is 2.30. The second-order valence-electron chi connectivity index (χ2n) is 12.3. The van der Waals surface area contributed by atoms with Crippen molar-refractivity contribution in [1.82, 2.24) is 34.7 Å². The van der Waals surface area contributed by atoms with E-state index in [9.17, 15) is 10.2 Å². The van der Waals surface area contributed by atoms with E-state index in [4.69, 9.17) is 15.7 Å². The van der Waals surface area contributed by atoms with Crippen LogP contribution in [-0.4, -0.2) is 109 Å². The minimum atomic E-state index is -1.36. The van der Waals surface area contributed by atoms with E-state index < -0.39 is 6.23 Å². The number of piperazine rings is 1. The molecule has 0 spiro atoms. The van der Waals surface area contributed by atoms with Crippen molar-refractivity contribution in [2.45, 2.75) is 50.1 Å². The first-order valence-electron chi connectivity index (χ1n) is 15.5. The third kappa shape index (κ3) is 5.93. The zero-order valence-electron chi connectivity index (χ0n) is 25.0. The molecule has 2 saturated heterocycles. The van der Waals surface area contributed by atoms with Gasteiger partial charge in [0.1, 0.15) is 17.6 Å². The topological polar surface area (TPSA) is 168 Å². The van der Waals surface area contributed by atoms with E-state index in [0.717, 1.165) is 37.4 Å². The van der Waals surface area contributed by atoms with Crippen LogP contribution >= 0.6 is 0 Å². The van der Waals surface area contributed by atoms with Gasteiger partial charge in [-0.15, -0.1) is 0 Å². The number of rotatable bonds is 8. The number of aliphatic hydroxyl groups is 2. The first kappa shape index (κ1) is 28.9. The minimum Gasteiger partial charge on any atom is -0.393 e. The number of likely N-dealkylation sites (N-methyl/N-ethyl adjacent to an activating group) is 1. The molecule has 5 heterocycles. The molecular weight excluding hydrogens is 558 g/mol. The largest absolute Gasteiger partial charge is 0.393 e. The number of nitrogens with two attached hydrogens (primary N) is 1. The lowest BCUT2D eigenvalue weighted by Gasteiger charge is -2.42. The number of anilines is 4. The highest BCUT2D eigenvalue weighted by molar-refractivity contribution is 5.92. The highest BCUT2D eigenvalue weighted by atomic mass is 16.3. The number of benzene rings is 1. The van der Waals surface area contributed by atoms with Crippen LogP contribution < -0.4 is 21.3 Å². The molecular formula is C31H41N11O2. The summed E-state index contributed by atoms with van der Waals surface area (Å²) in [7, 11) is 2.21. The van der Waals surface area contributed by atoms with Crippen LogP contribution in [0.5, 0.6) is 0 Å². The molecule has 1 unspecified atom stereocenters. The second-order valence-corrected chi connectivity index (χ2v) is 12.3. The number of piperidine rings is 1. The van der Waals surface area contributed by atoms with E-state index in [0.29, 0.717) is 47.4 Å². The van der Waals surface area contributed by atoms with Gasteiger partial charge in [0.2, 0.25) is 0 Å². The maximum absolute atomic E-state index is 10.6. The maximum Gasteiger partial charge on any atom is 0.178 e. The number of nitrogens with zero attached hydrogens (tertiary/aromatic N) is 7. The van der Waals surface area contributed by atoms with Crippen molar-refractivity contribution >= 4 is 34.2 Å². The Kier molecular flexibility index (Phi) is 8.04. The molecule has 4 aromatic rings. The summed E-state index contributed by atoms with van der Waals surface area (Å²) in [5.74, 6) is 0.887. The first-order chi connectivity index (χ1) is 21.4. The molecule has 13 nitrogen and oxygen atoms in total. The van der Waals surface area contributed by atoms with Gasteiger partial charge in [-0.05, 0) is 63.1 Å². The van der Waals surface area contributed by atoms with E-state index in [2.05, 4.69) is 59.5 Å². The molecule has 232 valence electrons. The quantitative estimate of drug-likeness (QED) is 0.164. The van der Waals surface area contributed by atoms with Crippen LogP contribution in [0.3, 0.4) is 0 Å². The van der Waals surface area contributed by atoms with Crippen LogP contribution in [-0.2, 0) is 0 Å². The van der Waals surface area contributed by atoms with Crippen molar-refractivity contribution in [1.29, 1.82) is 0 Å². The summed E-state index contributed by atoms with van der Waals surface area (Å²) in [6, 6.07) is 10.9. The van der Waals surface area contributed by atoms with Crippen LogP contribution in [0.4, 0.5) is 23.0 Å². The lowest BCUT2D eigenvalue weighted by Crippen LogP contribution is -2.52. The Hall–Kier alpha value is -3.88. The van der Waals surface area contributed by atoms with Gasteiger partial charge in [0.15, 0.2) is 17.3 Å². The first-order valence-corrected chi connectivity index (χ1v) is 15.5. The molecule has 7 N–H and O–H groups in total. The lowest BCUT2D eigenvalue weighted by atomic mass is 9.89. The predicted molar refractivity (Wildman–Crippen MR) is 171 cm³/mol. The Morgan fingerprint density at radius 2 is 1.70 bits per heavy atom. The van der Waals surface area contributed by atoms with Crippen molar-refractivity contribution in [2.24, 2.45) is 5.73 Å². The number of imidazole rings is 1. The molecule has 3 fully saturated rings. The Labute approximate surface area is 256 Å². The van der Waals surface area contributed by atoms with E-state index in [1.54, 1.807) is 12.5 Å². The Balaban J connectivity index is 1.11. The number of fused-ring (bicyclic) bond motifs is 1. The molecule has 3 aromatic heterocycles. The summed E-state index contributed by atoms with van der Waals surface area (Å²) >= 11 is 0. The Bertz CT molecular complexity index is 1570. The maximum atomic E-state index is 10.6. The smallest absolute Gasteiger partial charge is 0.178 e. The summed E-state index contributed by atoms with van der Waals surface area (Å²) < 4.78 is 0. The normalized spacial score (nSPS) is 22.6. The molecule has 0 bridgehead atoms. The molecule has 1 aromatic carbocycles. The SMILES string of the molecule is CN1CCN(C2CCN(c3ccc(Nc4nc(NC5CC(O)C5)c(-c5ccnc6nc[nH]c56)nc4C(N)O)cc3)CC2)CC1. The number of hydrogen-bond donors (Lipinski definition) is 6. The number of aliphatic hydroxyl groups excluding tert-OH is 2. The zero-order valence-corrected chi connectivity index (χ0v) is 25.0. The monoisotopic (exact) mass is 599 g/mol. The molecule has 44 heavy (non-hydrogen) atoms. The number of pyridine rings is 1. The van der Waals surface area contributed by atoms with Gasteiger partial charge in [-0.25, -0.2) is 19.9 Å². The summed E-state index contributed by atoms with van der Waals surface area (Å²) in [5.41, 5.74) is 10.8. The number of aromatic nitrogens is 5. The van der Waals surface area contributed by atoms with Crippen LogP contribution in [0.25, 0.3) is 22.4 Å². The van der Waals surface area contributed by atoms with Gasteiger partial charge < -0.3 is 41.4 Å². The fourth-order valence-electron chi connectivity index (χ4n) is 6.55. The molecule has 1 atom stereocenters.